The standard InChI is InChI=1S/C5H10N2/c1-7-2-4-5(3-7)6-4/h4-6H,2-3H2,1H3/t4-,5+. The van der Waals surface area contributed by atoms with Crippen molar-refractivity contribution in [3.63, 3.8) is 0 Å². The molecule has 2 heteroatoms. The Morgan fingerprint density at radius 1 is 1.43 bits per heavy atom. The molecule has 0 aromatic carbocycles. The molecule has 2 nitrogen and oxygen atoms in total. The molecule has 0 amide bonds. The molecule has 7 heavy (non-hydrogen) atoms. The Bertz CT molecular complexity index is 82.1. The Labute approximate surface area is 43.5 Å². The summed E-state index contributed by atoms with van der Waals surface area (Å²) in [7, 11) is 2.17. The van der Waals surface area contributed by atoms with Gasteiger partial charge in [-0.25, -0.2) is 0 Å². The molecule has 2 aliphatic rings. The van der Waals surface area contributed by atoms with Crippen LogP contribution in [-0.4, -0.2) is 37.1 Å². The fourth-order valence-electron chi connectivity index (χ4n) is 1.33. The zero-order valence-electron chi connectivity index (χ0n) is 4.52. The first-order valence-electron chi connectivity index (χ1n) is 2.81. The Morgan fingerprint density at radius 3 is 2.29 bits per heavy atom. The minimum atomic E-state index is 0.866. The second-order valence-electron chi connectivity index (χ2n) is 2.60. The topological polar surface area (TPSA) is 25.2 Å². The van der Waals surface area contributed by atoms with Gasteiger partial charge < -0.3 is 10.2 Å². The predicted molar refractivity (Wildman–Crippen MR) is 28.2 cm³/mol. The molecule has 40 valence electrons. The summed E-state index contributed by atoms with van der Waals surface area (Å²) in [4.78, 5) is 2.37. The molecule has 0 spiro atoms. The Balaban J connectivity index is 2.02. The third kappa shape index (κ3) is 0.469. The van der Waals surface area contributed by atoms with E-state index in [4.69, 9.17) is 0 Å². The van der Waals surface area contributed by atoms with E-state index in [2.05, 4.69) is 17.3 Å². The lowest BCUT2D eigenvalue weighted by Gasteiger charge is -2.06. The second kappa shape index (κ2) is 1.01. The summed E-state index contributed by atoms with van der Waals surface area (Å²) in [5, 5.41) is 3.36. The van der Waals surface area contributed by atoms with Gasteiger partial charge >= 0.3 is 0 Å². The normalized spacial score (nSPS) is 49.3. The van der Waals surface area contributed by atoms with E-state index >= 15 is 0 Å². The van der Waals surface area contributed by atoms with E-state index < -0.39 is 0 Å². The van der Waals surface area contributed by atoms with Crippen molar-refractivity contribution in [3.8, 4) is 0 Å². The maximum atomic E-state index is 3.36. The van der Waals surface area contributed by atoms with Gasteiger partial charge in [-0.1, -0.05) is 0 Å². The molecule has 2 saturated heterocycles. The van der Waals surface area contributed by atoms with Crippen LogP contribution in [0.15, 0.2) is 0 Å². The summed E-state index contributed by atoms with van der Waals surface area (Å²) in [5.41, 5.74) is 0. The van der Waals surface area contributed by atoms with Crippen LogP contribution in [0.4, 0.5) is 0 Å². The van der Waals surface area contributed by atoms with Gasteiger partial charge in [-0.3, -0.25) is 0 Å². The van der Waals surface area contributed by atoms with Gasteiger partial charge in [-0.15, -0.1) is 0 Å². The van der Waals surface area contributed by atoms with Crippen molar-refractivity contribution in [1.29, 1.82) is 0 Å². The van der Waals surface area contributed by atoms with Crippen molar-refractivity contribution in [3.05, 3.63) is 0 Å². The lowest BCUT2D eigenvalue weighted by molar-refractivity contribution is 0.380. The van der Waals surface area contributed by atoms with E-state index in [9.17, 15) is 0 Å². The molecule has 2 fully saturated rings. The van der Waals surface area contributed by atoms with Crippen LogP contribution in [0.25, 0.3) is 0 Å². The first-order chi connectivity index (χ1) is 3.36. The van der Waals surface area contributed by atoms with E-state index in [1.54, 1.807) is 0 Å². The molecular weight excluding hydrogens is 88.1 g/mol. The molecule has 2 aliphatic heterocycles. The fourth-order valence-corrected chi connectivity index (χ4v) is 1.33. The van der Waals surface area contributed by atoms with E-state index in [-0.39, 0.29) is 0 Å². The second-order valence-corrected chi connectivity index (χ2v) is 2.60. The number of fused-ring (bicyclic) bond motifs is 1. The van der Waals surface area contributed by atoms with Gasteiger partial charge in [0.15, 0.2) is 0 Å². The lowest BCUT2D eigenvalue weighted by Crippen LogP contribution is -2.22. The number of nitrogens with zero attached hydrogens (tertiary/aromatic N) is 1. The van der Waals surface area contributed by atoms with Gasteiger partial charge in [0.25, 0.3) is 0 Å². The highest BCUT2D eigenvalue weighted by atomic mass is 15.3. The Hall–Kier alpha value is -0.0800. The monoisotopic (exact) mass is 98.1 g/mol. The summed E-state index contributed by atoms with van der Waals surface area (Å²) in [6, 6.07) is 1.73. The van der Waals surface area contributed by atoms with Gasteiger partial charge in [0.05, 0.1) is 0 Å². The van der Waals surface area contributed by atoms with Crippen LogP contribution in [0.5, 0.6) is 0 Å². The summed E-state index contributed by atoms with van der Waals surface area (Å²) in [6.45, 7) is 2.54. The fraction of sp³-hybridized carbons (Fsp3) is 1.00. The van der Waals surface area contributed by atoms with Gasteiger partial charge in [0, 0.05) is 25.2 Å². The predicted octanol–water partition coefficient (Wildman–Crippen LogP) is -0.728. The summed E-state index contributed by atoms with van der Waals surface area (Å²) in [6.07, 6.45) is 0. The number of hydrogen-bond donors (Lipinski definition) is 1. The number of likely N-dealkylation sites (tertiary alicyclic amines) is 1. The average Bonchev–Trinajstić information content (AvgIpc) is 2.15. The third-order valence-electron chi connectivity index (χ3n) is 1.82. The molecule has 2 atom stereocenters. The van der Waals surface area contributed by atoms with Crippen LogP contribution in [0.2, 0.25) is 0 Å². The van der Waals surface area contributed by atoms with Gasteiger partial charge in [0.2, 0.25) is 0 Å². The number of rotatable bonds is 0. The molecular formula is C5H10N2. The molecule has 0 bridgehead atoms. The number of hydrogen-bond acceptors (Lipinski definition) is 2. The summed E-state index contributed by atoms with van der Waals surface area (Å²) < 4.78 is 0. The molecule has 0 aliphatic carbocycles. The minimum Gasteiger partial charge on any atom is -0.306 e. The van der Waals surface area contributed by atoms with Gasteiger partial charge in [-0.05, 0) is 7.05 Å². The minimum absolute atomic E-state index is 0.866. The smallest absolute Gasteiger partial charge is 0.0365 e. The lowest BCUT2D eigenvalue weighted by atomic mass is 10.4. The quantitative estimate of drug-likeness (QED) is 0.404. The van der Waals surface area contributed by atoms with E-state index in [1.165, 1.54) is 13.1 Å². The van der Waals surface area contributed by atoms with Crippen molar-refractivity contribution in [2.75, 3.05) is 20.1 Å². The van der Waals surface area contributed by atoms with Crippen molar-refractivity contribution in [2.45, 2.75) is 12.1 Å². The molecule has 0 saturated carbocycles. The molecule has 0 aromatic rings. The van der Waals surface area contributed by atoms with E-state index in [1.807, 2.05) is 0 Å². The summed E-state index contributed by atoms with van der Waals surface area (Å²) >= 11 is 0. The molecule has 0 unspecified atom stereocenters. The van der Waals surface area contributed by atoms with Crippen molar-refractivity contribution in [1.82, 2.24) is 10.2 Å². The molecule has 2 heterocycles. The SMILES string of the molecule is CN1C[C@@H]2N[C@@H]2C1. The van der Waals surface area contributed by atoms with E-state index in [0.29, 0.717) is 0 Å². The van der Waals surface area contributed by atoms with Gasteiger partial charge in [-0.2, -0.15) is 0 Å². The van der Waals surface area contributed by atoms with Gasteiger partial charge in [0.1, 0.15) is 0 Å². The van der Waals surface area contributed by atoms with Crippen LogP contribution in [0.3, 0.4) is 0 Å². The molecule has 2 rings (SSSR count). The van der Waals surface area contributed by atoms with Crippen LogP contribution >= 0.6 is 0 Å². The number of nitrogens with one attached hydrogen (secondary N) is 1. The Morgan fingerprint density at radius 2 is 2.00 bits per heavy atom. The van der Waals surface area contributed by atoms with Crippen molar-refractivity contribution in [2.24, 2.45) is 0 Å². The molecule has 0 aromatic heterocycles. The first kappa shape index (κ1) is 3.87. The maximum Gasteiger partial charge on any atom is 0.0365 e. The molecule has 0 radical (unpaired) electrons. The third-order valence-corrected chi connectivity index (χ3v) is 1.82. The van der Waals surface area contributed by atoms with Crippen LogP contribution < -0.4 is 5.32 Å². The average molecular weight is 98.1 g/mol. The van der Waals surface area contributed by atoms with Crippen molar-refractivity contribution < 1.29 is 0 Å². The maximum absolute atomic E-state index is 3.36. The van der Waals surface area contributed by atoms with Crippen LogP contribution in [-0.2, 0) is 0 Å². The first-order valence-corrected chi connectivity index (χ1v) is 2.81. The van der Waals surface area contributed by atoms with Crippen LogP contribution in [0, 0.1) is 0 Å². The highest BCUT2D eigenvalue weighted by Crippen LogP contribution is 2.19. The largest absolute Gasteiger partial charge is 0.306 e. The highest BCUT2D eigenvalue weighted by molar-refractivity contribution is 5.06. The number of piperazine rings is 1. The molecule has 1 N–H and O–H groups in total. The zero-order chi connectivity index (χ0) is 4.85. The van der Waals surface area contributed by atoms with E-state index in [0.717, 1.165) is 12.1 Å². The Kier molecular flexibility index (Phi) is 0.557. The van der Waals surface area contributed by atoms with Crippen LogP contribution in [0.1, 0.15) is 0 Å². The zero-order valence-corrected chi connectivity index (χ0v) is 4.52. The number of likely N-dealkylation sites (N-methyl/N-ethyl adjacent to an activating group) is 1. The highest BCUT2D eigenvalue weighted by Gasteiger charge is 2.42. The summed E-state index contributed by atoms with van der Waals surface area (Å²) in [5.74, 6) is 0. The van der Waals surface area contributed by atoms with Crippen molar-refractivity contribution >= 4 is 0 Å².